The fourth-order valence-corrected chi connectivity index (χ4v) is 3.74. The molecule has 0 aromatic heterocycles. The Bertz CT molecular complexity index is 388. The van der Waals surface area contributed by atoms with Gasteiger partial charge in [0.15, 0.2) is 0 Å². The maximum atomic E-state index is 2.41. The first-order valence-corrected chi connectivity index (χ1v) is 9.96. The van der Waals surface area contributed by atoms with Gasteiger partial charge in [-0.3, -0.25) is 0 Å². The number of hydrogen-bond donors (Lipinski definition) is 0. The highest BCUT2D eigenvalue weighted by Crippen LogP contribution is 2.22. The van der Waals surface area contributed by atoms with E-state index in [4.69, 9.17) is 0 Å². The molecule has 0 aliphatic rings. The van der Waals surface area contributed by atoms with E-state index in [1.807, 2.05) is 0 Å². The summed E-state index contributed by atoms with van der Waals surface area (Å²) < 4.78 is 1.12. The summed E-state index contributed by atoms with van der Waals surface area (Å²) in [5.41, 5.74) is 1.46. The van der Waals surface area contributed by atoms with Crippen LogP contribution < -0.4 is 12.4 Å². The van der Waals surface area contributed by atoms with Gasteiger partial charge < -0.3 is 16.9 Å². The minimum absolute atomic E-state index is 0. The molecule has 0 heterocycles. The summed E-state index contributed by atoms with van der Waals surface area (Å²) in [5, 5.41) is 0. The molecule has 140 valence electrons. The third-order valence-electron chi connectivity index (χ3n) is 5.28. The topological polar surface area (TPSA) is 0 Å². The molecule has 0 N–H and O–H groups in total. The normalized spacial score (nSPS) is 12.7. The summed E-state index contributed by atoms with van der Waals surface area (Å²) in [4.78, 5) is 0. The predicted molar refractivity (Wildman–Crippen MR) is 104 cm³/mol. The van der Waals surface area contributed by atoms with E-state index in [1.165, 1.54) is 69.8 Å². The number of hydrogen-bond acceptors (Lipinski definition) is 0. The zero-order valence-corrected chi connectivity index (χ0v) is 17.3. The van der Waals surface area contributed by atoms with Crippen LogP contribution in [-0.2, 0) is 6.54 Å². The van der Waals surface area contributed by atoms with E-state index in [9.17, 15) is 0 Å². The molecule has 0 aliphatic heterocycles. The minimum Gasteiger partial charge on any atom is -1.00 e. The van der Waals surface area contributed by atoms with Crippen molar-refractivity contribution in [1.82, 2.24) is 0 Å². The van der Waals surface area contributed by atoms with Crippen LogP contribution in [0.2, 0.25) is 0 Å². The van der Waals surface area contributed by atoms with Crippen molar-refractivity contribution in [3.8, 4) is 0 Å². The molecule has 1 aromatic rings. The van der Waals surface area contributed by atoms with Crippen LogP contribution in [0.1, 0.15) is 83.6 Å². The fraction of sp³-hybridized carbons (Fsp3) is 0.727. The second-order valence-electron chi connectivity index (χ2n) is 7.75. The first-order chi connectivity index (χ1) is 11.1. The lowest BCUT2D eigenvalue weighted by Crippen LogP contribution is -3.00. The molecule has 0 bridgehead atoms. The number of nitrogens with zero attached hydrogens (tertiary/aromatic N) is 1. The maximum Gasteiger partial charge on any atom is 0.104 e. The molecule has 0 spiro atoms. The fourth-order valence-electron chi connectivity index (χ4n) is 3.74. The van der Waals surface area contributed by atoms with Gasteiger partial charge in [0.1, 0.15) is 6.54 Å². The molecule has 1 atom stereocenters. The van der Waals surface area contributed by atoms with E-state index in [-0.39, 0.29) is 12.4 Å². The first kappa shape index (κ1) is 23.5. The van der Waals surface area contributed by atoms with E-state index in [0.29, 0.717) is 0 Å². The summed E-state index contributed by atoms with van der Waals surface area (Å²) in [6.07, 6.45) is 14.0. The van der Waals surface area contributed by atoms with Gasteiger partial charge in [0, 0.05) is 5.56 Å². The summed E-state index contributed by atoms with van der Waals surface area (Å²) in [6.45, 7) is 5.80. The van der Waals surface area contributed by atoms with Gasteiger partial charge in [0.2, 0.25) is 0 Å². The molecule has 0 saturated heterocycles. The monoisotopic (exact) mass is 353 g/mol. The lowest BCUT2D eigenvalue weighted by molar-refractivity contribution is -0.928. The van der Waals surface area contributed by atoms with Gasteiger partial charge in [-0.1, -0.05) is 89.1 Å². The average molecular weight is 354 g/mol. The number of halogens is 1. The van der Waals surface area contributed by atoms with Crippen molar-refractivity contribution in [2.75, 3.05) is 14.1 Å². The average Bonchev–Trinajstić information content (AvgIpc) is 2.53. The molecular weight excluding hydrogens is 314 g/mol. The molecule has 0 radical (unpaired) electrons. The van der Waals surface area contributed by atoms with Crippen molar-refractivity contribution < 1.29 is 16.9 Å². The minimum atomic E-state index is 0. The van der Waals surface area contributed by atoms with Crippen molar-refractivity contribution in [3.63, 3.8) is 0 Å². The maximum absolute atomic E-state index is 2.41. The quantitative estimate of drug-likeness (QED) is 0.375. The molecule has 0 fully saturated rings. The Morgan fingerprint density at radius 1 is 0.792 bits per heavy atom. The highest BCUT2D eigenvalue weighted by molar-refractivity contribution is 5.13. The van der Waals surface area contributed by atoms with Crippen molar-refractivity contribution in [2.24, 2.45) is 0 Å². The summed E-state index contributed by atoms with van der Waals surface area (Å²) in [7, 11) is 4.82. The molecule has 0 saturated carbocycles. The van der Waals surface area contributed by atoms with E-state index >= 15 is 0 Å². The molecule has 1 aromatic carbocycles. The molecular formula is C22H40ClN. The molecule has 1 unspecified atom stereocenters. The van der Waals surface area contributed by atoms with Crippen molar-refractivity contribution >= 4 is 0 Å². The number of rotatable bonds is 13. The Morgan fingerprint density at radius 3 is 1.88 bits per heavy atom. The summed E-state index contributed by atoms with van der Waals surface area (Å²) >= 11 is 0. The van der Waals surface area contributed by atoms with Crippen molar-refractivity contribution in [1.29, 1.82) is 0 Å². The summed E-state index contributed by atoms with van der Waals surface area (Å²) in [6, 6.07) is 11.8. The van der Waals surface area contributed by atoms with Gasteiger partial charge >= 0.3 is 0 Å². The van der Waals surface area contributed by atoms with Crippen LogP contribution in [0.3, 0.4) is 0 Å². The highest BCUT2D eigenvalue weighted by atomic mass is 35.5. The van der Waals surface area contributed by atoms with Crippen LogP contribution in [-0.4, -0.2) is 24.6 Å². The third-order valence-corrected chi connectivity index (χ3v) is 5.28. The number of unbranched alkanes of at least 4 members (excludes halogenated alkanes) is 7. The Hall–Kier alpha value is -0.530. The van der Waals surface area contributed by atoms with Gasteiger partial charge in [-0.2, -0.15) is 0 Å². The smallest absolute Gasteiger partial charge is 0.104 e. The van der Waals surface area contributed by atoms with Crippen LogP contribution in [0.5, 0.6) is 0 Å². The van der Waals surface area contributed by atoms with Gasteiger partial charge in [-0.15, -0.1) is 0 Å². The second-order valence-corrected chi connectivity index (χ2v) is 7.75. The Balaban J connectivity index is 0.00000529. The van der Waals surface area contributed by atoms with E-state index in [1.54, 1.807) is 0 Å². The van der Waals surface area contributed by atoms with Gasteiger partial charge in [0.05, 0.1) is 20.1 Å². The van der Waals surface area contributed by atoms with E-state index < -0.39 is 0 Å². The van der Waals surface area contributed by atoms with Crippen LogP contribution in [0.4, 0.5) is 0 Å². The Morgan fingerprint density at radius 2 is 1.33 bits per heavy atom. The van der Waals surface area contributed by atoms with Gasteiger partial charge in [-0.05, 0) is 19.3 Å². The predicted octanol–water partition coefficient (Wildman–Crippen LogP) is 3.58. The highest BCUT2D eigenvalue weighted by Gasteiger charge is 2.26. The molecule has 1 rings (SSSR count). The molecule has 2 heteroatoms. The first-order valence-electron chi connectivity index (χ1n) is 9.96. The molecule has 1 nitrogen and oxygen atoms in total. The van der Waals surface area contributed by atoms with Crippen molar-refractivity contribution in [2.45, 2.75) is 90.6 Å². The molecule has 0 amide bonds. The van der Waals surface area contributed by atoms with Crippen LogP contribution in [0.15, 0.2) is 30.3 Å². The molecule has 24 heavy (non-hydrogen) atoms. The lowest BCUT2D eigenvalue weighted by Gasteiger charge is -2.38. The van der Waals surface area contributed by atoms with Gasteiger partial charge in [-0.25, -0.2) is 0 Å². The zero-order valence-electron chi connectivity index (χ0n) is 16.6. The van der Waals surface area contributed by atoms with Crippen LogP contribution in [0.25, 0.3) is 0 Å². The van der Waals surface area contributed by atoms with Gasteiger partial charge in [0.25, 0.3) is 0 Å². The Kier molecular flexibility index (Phi) is 13.4. The number of benzene rings is 1. The zero-order chi connectivity index (χ0) is 17.0. The largest absolute Gasteiger partial charge is 1.00 e. The summed E-state index contributed by atoms with van der Waals surface area (Å²) in [5.74, 6) is 0. The SMILES string of the molecule is CCCCCCCCCCC(CC)[N+](C)(C)Cc1ccccc1.[Cl-]. The second kappa shape index (κ2) is 13.7. The third kappa shape index (κ3) is 9.69. The Labute approximate surface area is 157 Å². The van der Waals surface area contributed by atoms with Crippen LogP contribution >= 0.6 is 0 Å². The molecule has 0 aliphatic carbocycles. The standard InChI is InChI=1S/C22H40N.ClH/c1-5-7-8-9-10-11-12-16-19-22(6-2)23(3,4)20-21-17-14-13-15-18-21;/h13-15,17-18,22H,5-12,16,19-20H2,1-4H3;1H/q+1;/p-1. The lowest BCUT2D eigenvalue weighted by atomic mass is 10.0. The van der Waals surface area contributed by atoms with Crippen LogP contribution in [0, 0.1) is 0 Å². The van der Waals surface area contributed by atoms with Crippen molar-refractivity contribution in [3.05, 3.63) is 35.9 Å². The van der Waals surface area contributed by atoms with E-state index in [2.05, 4.69) is 58.3 Å². The van der Waals surface area contributed by atoms with E-state index in [0.717, 1.165) is 17.1 Å². The number of quaternary nitrogens is 1.